The third-order valence-corrected chi connectivity index (χ3v) is 1.39. The predicted molar refractivity (Wildman–Crippen MR) is 36.3 cm³/mol. The minimum absolute atomic E-state index is 0.00116. The number of cyclic esters (lactones) is 1. The SMILES string of the molecule is O=C1C=C(C(=O)C(=O)O)CCO1. The highest BCUT2D eigenvalue weighted by Gasteiger charge is 2.21. The summed E-state index contributed by atoms with van der Waals surface area (Å²) in [5, 5.41) is 8.28. The van der Waals surface area contributed by atoms with E-state index >= 15 is 0 Å². The molecule has 0 aliphatic carbocycles. The summed E-state index contributed by atoms with van der Waals surface area (Å²) in [7, 11) is 0. The lowest BCUT2D eigenvalue weighted by atomic mass is 10.1. The fourth-order valence-corrected chi connectivity index (χ4v) is 0.834. The Morgan fingerprint density at radius 1 is 1.50 bits per heavy atom. The molecule has 0 aromatic rings. The molecule has 0 saturated heterocycles. The fraction of sp³-hybridized carbons (Fsp3) is 0.286. The van der Waals surface area contributed by atoms with Gasteiger partial charge in [0.15, 0.2) is 0 Å². The first kappa shape index (κ1) is 8.45. The maximum Gasteiger partial charge on any atom is 0.376 e. The van der Waals surface area contributed by atoms with Crippen LogP contribution in [0.25, 0.3) is 0 Å². The van der Waals surface area contributed by atoms with Gasteiger partial charge in [-0.2, -0.15) is 0 Å². The minimum atomic E-state index is -1.55. The maximum atomic E-state index is 10.8. The van der Waals surface area contributed by atoms with Gasteiger partial charge < -0.3 is 9.84 Å². The predicted octanol–water partition coefficient (Wildman–Crippen LogP) is -0.487. The first-order valence-electron chi connectivity index (χ1n) is 3.26. The van der Waals surface area contributed by atoms with Crippen molar-refractivity contribution in [1.29, 1.82) is 0 Å². The van der Waals surface area contributed by atoms with Gasteiger partial charge in [-0.3, -0.25) is 4.79 Å². The molecule has 0 aromatic heterocycles. The molecule has 5 heteroatoms. The summed E-state index contributed by atoms with van der Waals surface area (Å²) >= 11 is 0. The van der Waals surface area contributed by atoms with Crippen molar-refractivity contribution >= 4 is 17.7 Å². The van der Waals surface area contributed by atoms with Crippen LogP contribution in [0.3, 0.4) is 0 Å². The van der Waals surface area contributed by atoms with Crippen molar-refractivity contribution in [2.75, 3.05) is 6.61 Å². The number of Topliss-reactive ketones (excluding diaryl/α,β-unsaturated/α-hetero) is 1. The summed E-state index contributed by atoms with van der Waals surface area (Å²) in [6.45, 7) is 0.0731. The van der Waals surface area contributed by atoms with Gasteiger partial charge in [-0.15, -0.1) is 0 Å². The molecule has 64 valence electrons. The smallest absolute Gasteiger partial charge is 0.376 e. The van der Waals surface area contributed by atoms with Gasteiger partial charge in [-0.25, -0.2) is 9.59 Å². The fourth-order valence-electron chi connectivity index (χ4n) is 0.834. The highest BCUT2D eigenvalue weighted by molar-refractivity contribution is 6.40. The van der Waals surface area contributed by atoms with E-state index in [9.17, 15) is 14.4 Å². The number of ether oxygens (including phenoxy) is 1. The van der Waals surface area contributed by atoms with Crippen LogP contribution in [0.4, 0.5) is 0 Å². The number of aliphatic carboxylic acids is 1. The zero-order valence-electron chi connectivity index (χ0n) is 6.07. The second-order valence-corrected chi connectivity index (χ2v) is 2.22. The molecule has 1 aliphatic heterocycles. The van der Waals surface area contributed by atoms with Crippen molar-refractivity contribution in [2.24, 2.45) is 0 Å². The number of carbonyl (C=O) groups is 3. The third kappa shape index (κ3) is 1.69. The van der Waals surface area contributed by atoms with Gasteiger partial charge in [0.2, 0.25) is 0 Å². The van der Waals surface area contributed by atoms with Crippen LogP contribution >= 0.6 is 0 Å². The second-order valence-electron chi connectivity index (χ2n) is 2.22. The molecule has 0 spiro atoms. The average molecular weight is 170 g/mol. The van der Waals surface area contributed by atoms with Crippen molar-refractivity contribution in [3.05, 3.63) is 11.6 Å². The van der Waals surface area contributed by atoms with E-state index in [1.54, 1.807) is 0 Å². The Kier molecular flexibility index (Phi) is 2.23. The molecule has 0 atom stereocenters. The van der Waals surface area contributed by atoms with Crippen LogP contribution in [0.15, 0.2) is 11.6 Å². The van der Waals surface area contributed by atoms with Gasteiger partial charge >= 0.3 is 11.9 Å². The summed E-state index contributed by atoms with van der Waals surface area (Å²) in [6.07, 6.45) is 1.09. The molecule has 5 nitrogen and oxygen atoms in total. The molecule has 12 heavy (non-hydrogen) atoms. The molecule has 1 N–H and O–H groups in total. The Morgan fingerprint density at radius 2 is 2.17 bits per heavy atom. The summed E-state index contributed by atoms with van der Waals surface area (Å²) in [5.41, 5.74) is -0.00116. The second kappa shape index (κ2) is 3.17. The number of carboxylic acids is 1. The van der Waals surface area contributed by atoms with Gasteiger partial charge in [0.25, 0.3) is 5.78 Å². The quantitative estimate of drug-likeness (QED) is 0.447. The van der Waals surface area contributed by atoms with E-state index in [0.717, 1.165) is 6.08 Å². The monoisotopic (exact) mass is 170 g/mol. The van der Waals surface area contributed by atoms with Gasteiger partial charge in [-0.1, -0.05) is 0 Å². The van der Waals surface area contributed by atoms with E-state index in [0.29, 0.717) is 0 Å². The van der Waals surface area contributed by atoms with Crippen LogP contribution < -0.4 is 0 Å². The van der Waals surface area contributed by atoms with E-state index in [4.69, 9.17) is 5.11 Å². The lowest BCUT2D eigenvalue weighted by Gasteiger charge is -2.09. The topological polar surface area (TPSA) is 80.7 Å². The van der Waals surface area contributed by atoms with E-state index in [2.05, 4.69) is 4.74 Å². The van der Waals surface area contributed by atoms with E-state index in [1.807, 2.05) is 0 Å². The summed E-state index contributed by atoms with van der Waals surface area (Å²) in [4.78, 5) is 31.5. The Balaban J connectivity index is 2.81. The first-order chi connectivity index (χ1) is 5.61. The maximum absolute atomic E-state index is 10.8. The summed E-state index contributed by atoms with van der Waals surface area (Å²) in [6, 6.07) is 0. The van der Waals surface area contributed by atoms with Crippen molar-refractivity contribution in [1.82, 2.24) is 0 Å². The van der Waals surface area contributed by atoms with Gasteiger partial charge in [0.05, 0.1) is 6.61 Å². The molecular formula is C7H6O5. The highest BCUT2D eigenvalue weighted by atomic mass is 16.5. The van der Waals surface area contributed by atoms with Gasteiger partial charge in [0.1, 0.15) is 0 Å². The molecule has 0 fully saturated rings. The highest BCUT2D eigenvalue weighted by Crippen LogP contribution is 2.09. The van der Waals surface area contributed by atoms with Crippen LogP contribution in [-0.4, -0.2) is 29.4 Å². The molecule has 0 bridgehead atoms. The normalized spacial score (nSPS) is 16.3. The number of ketones is 1. The van der Waals surface area contributed by atoms with Crippen molar-refractivity contribution in [3.63, 3.8) is 0 Å². The summed E-state index contributed by atoms with van der Waals surface area (Å²) < 4.78 is 4.48. The number of rotatable bonds is 2. The van der Waals surface area contributed by atoms with Crippen LogP contribution in [0, 0.1) is 0 Å². The minimum Gasteiger partial charge on any atom is -0.475 e. The van der Waals surface area contributed by atoms with Crippen LogP contribution in [0.5, 0.6) is 0 Å². The number of carboxylic acid groups (broad SMARTS) is 1. The number of carbonyl (C=O) groups excluding carboxylic acids is 2. The average Bonchev–Trinajstić information content (AvgIpc) is 2.03. The lowest BCUT2D eigenvalue weighted by molar-refractivity contribution is -0.147. The standard InChI is InChI=1S/C7H6O5/c8-5-3-4(1-2-12-5)6(9)7(10)11/h3H,1-2H2,(H,10,11). The molecule has 0 aromatic carbocycles. The van der Waals surface area contributed by atoms with Gasteiger partial charge in [0, 0.05) is 18.1 Å². The molecule has 1 aliphatic rings. The van der Waals surface area contributed by atoms with Crippen molar-refractivity contribution in [3.8, 4) is 0 Å². The van der Waals surface area contributed by atoms with Crippen LogP contribution in [0.1, 0.15) is 6.42 Å². The van der Waals surface area contributed by atoms with E-state index in [1.165, 1.54) is 0 Å². The Hall–Kier alpha value is -1.65. The largest absolute Gasteiger partial charge is 0.475 e. The summed E-state index contributed by atoms with van der Waals surface area (Å²) in [5.74, 6) is -3.24. The van der Waals surface area contributed by atoms with Crippen LogP contribution in [-0.2, 0) is 19.1 Å². The number of hydrogen-bond donors (Lipinski definition) is 1. The number of hydrogen-bond acceptors (Lipinski definition) is 4. The molecular weight excluding hydrogens is 164 g/mol. The number of esters is 1. The van der Waals surface area contributed by atoms with Gasteiger partial charge in [-0.05, 0) is 0 Å². The molecule has 1 rings (SSSR count). The molecule has 0 unspecified atom stereocenters. The third-order valence-electron chi connectivity index (χ3n) is 1.39. The zero-order chi connectivity index (χ0) is 9.14. The first-order valence-corrected chi connectivity index (χ1v) is 3.26. The van der Waals surface area contributed by atoms with E-state index < -0.39 is 17.7 Å². The molecule has 0 saturated carbocycles. The van der Waals surface area contributed by atoms with Crippen molar-refractivity contribution in [2.45, 2.75) is 6.42 Å². The lowest BCUT2D eigenvalue weighted by Crippen LogP contribution is -2.21. The molecule has 0 amide bonds. The zero-order valence-corrected chi connectivity index (χ0v) is 6.07. The van der Waals surface area contributed by atoms with E-state index in [-0.39, 0.29) is 18.6 Å². The molecule has 1 heterocycles. The molecule has 0 radical (unpaired) electrons. The van der Waals surface area contributed by atoms with Crippen molar-refractivity contribution < 1.29 is 24.2 Å². The Labute approximate surface area is 67.6 Å². The Bertz CT molecular complexity index is 276. The Morgan fingerprint density at radius 3 is 2.67 bits per heavy atom. The van der Waals surface area contributed by atoms with Crippen LogP contribution in [0.2, 0.25) is 0 Å².